The summed E-state index contributed by atoms with van der Waals surface area (Å²) in [6.07, 6.45) is 3.28. The third-order valence-electron chi connectivity index (χ3n) is 11.3. The summed E-state index contributed by atoms with van der Waals surface area (Å²) in [4.78, 5) is 16.6. The number of hydrogen-bond donors (Lipinski definition) is 1. The van der Waals surface area contributed by atoms with E-state index in [0.29, 0.717) is 76.4 Å². The van der Waals surface area contributed by atoms with Crippen LogP contribution in [0.3, 0.4) is 0 Å². The number of aryl methyl sites for hydroxylation is 2. The number of phenols is 1. The van der Waals surface area contributed by atoms with E-state index in [0.717, 1.165) is 65.0 Å². The maximum absolute atomic E-state index is 15.1. The third kappa shape index (κ3) is 6.34. The molecule has 0 amide bonds. The van der Waals surface area contributed by atoms with Gasteiger partial charge in [-0.1, -0.05) is 13.0 Å². The maximum Gasteiger partial charge on any atom is 0.318 e. The highest BCUT2D eigenvalue weighted by molar-refractivity contribution is 7.88. The van der Waals surface area contributed by atoms with Gasteiger partial charge in [-0.25, -0.2) is 21.5 Å². The first-order valence-electron chi connectivity index (χ1n) is 18.2. The molecule has 2 atom stereocenters. The number of aromatic hydroxyl groups is 1. The van der Waals surface area contributed by atoms with Gasteiger partial charge in [-0.3, -0.25) is 9.58 Å². The summed E-state index contributed by atoms with van der Waals surface area (Å²) in [5.74, 6) is 0.415. The Morgan fingerprint density at radius 3 is 2.71 bits per heavy atom. The number of ether oxygens (including phenoxy) is 1. The fourth-order valence-corrected chi connectivity index (χ4v) is 9.50. The molecule has 0 bridgehead atoms. The molecule has 6 heterocycles. The molecule has 0 aliphatic carbocycles. The lowest BCUT2D eigenvalue weighted by Crippen LogP contribution is -2.43. The van der Waals surface area contributed by atoms with E-state index in [2.05, 4.69) is 19.8 Å². The second kappa shape index (κ2) is 13.4. The number of phenolic OH excluding ortho intramolecular Hbond substituents is 1. The monoisotopic (exact) mass is 736 g/mol. The van der Waals surface area contributed by atoms with Crippen molar-refractivity contribution in [2.24, 2.45) is 0 Å². The van der Waals surface area contributed by atoms with Gasteiger partial charge in [-0.05, 0) is 67.8 Å². The van der Waals surface area contributed by atoms with Gasteiger partial charge < -0.3 is 19.6 Å². The summed E-state index contributed by atoms with van der Waals surface area (Å²) in [5.41, 5.74) is 4.15. The molecule has 4 aromatic rings. The van der Waals surface area contributed by atoms with Crippen LogP contribution in [0.1, 0.15) is 60.8 Å². The largest absolute Gasteiger partial charge is 0.508 e. The zero-order valence-electron chi connectivity index (χ0n) is 30.0. The van der Waals surface area contributed by atoms with Gasteiger partial charge in [0.15, 0.2) is 0 Å². The lowest BCUT2D eigenvalue weighted by molar-refractivity contribution is 0.107. The Bertz CT molecular complexity index is 2130. The number of nitrogens with zero attached hydrogens (tertiary/aromatic N) is 8. The van der Waals surface area contributed by atoms with Crippen LogP contribution in [0.2, 0.25) is 0 Å². The van der Waals surface area contributed by atoms with E-state index in [-0.39, 0.29) is 28.9 Å². The predicted molar refractivity (Wildman–Crippen MR) is 194 cm³/mol. The molecule has 0 saturated carbocycles. The Kier molecular flexibility index (Phi) is 9.01. The SMILES string of the molecule is CCc1c(F)ccc2cc(O)cc(N3CCc4c(nc(OC[C@@]56CCCN5C[C@H](F)C6)nc4N4CCCn5nc(CS(=O)(=O)N(C)C)cc5C4)C3)c12. The molecule has 0 radical (unpaired) electrons. The fraction of sp³-hybridized carbons (Fsp3) is 0.541. The highest BCUT2D eigenvalue weighted by atomic mass is 32.2. The molecule has 278 valence electrons. The first-order valence-corrected chi connectivity index (χ1v) is 19.9. The van der Waals surface area contributed by atoms with Gasteiger partial charge >= 0.3 is 6.01 Å². The Hall–Kier alpha value is -4.08. The summed E-state index contributed by atoms with van der Waals surface area (Å²) in [5, 5.41) is 17.0. The topological polar surface area (TPSA) is 120 Å². The zero-order valence-corrected chi connectivity index (χ0v) is 30.8. The van der Waals surface area contributed by atoms with Gasteiger partial charge in [0.1, 0.15) is 35.9 Å². The van der Waals surface area contributed by atoms with Crippen molar-refractivity contribution in [3.63, 3.8) is 0 Å². The molecule has 52 heavy (non-hydrogen) atoms. The molecule has 2 fully saturated rings. The normalized spacial score (nSPS) is 22.2. The van der Waals surface area contributed by atoms with E-state index in [1.165, 1.54) is 24.5 Å². The number of fused-ring (bicyclic) bond motifs is 4. The molecule has 0 spiro atoms. The van der Waals surface area contributed by atoms with Crippen molar-refractivity contribution >= 4 is 32.3 Å². The van der Waals surface area contributed by atoms with Crippen LogP contribution in [-0.2, 0) is 48.3 Å². The average molecular weight is 737 g/mol. The summed E-state index contributed by atoms with van der Waals surface area (Å²) >= 11 is 0. The average Bonchev–Trinajstić information content (AvgIpc) is 3.72. The van der Waals surface area contributed by atoms with Gasteiger partial charge in [0, 0.05) is 69.4 Å². The fourth-order valence-electron chi connectivity index (χ4n) is 8.73. The van der Waals surface area contributed by atoms with Crippen molar-refractivity contribution in [3.05, 3.63) is 64.4 Å². The molecule has 0 unspecified atom stereocenters. The highest BCUT2D eigenvalue weighted by Gasteiger charge is 2.49. The van der Waals surface area contributed by atoms with E-state index < -0.39 is 16.2 Å². The van der Waals surface area contributed by atoms with E-state index in [4.69, 9.17) is 14.7 Å². The first kappa shape index (κ1) is 35.0. The van der Waals surface area contributed by atoms with Crippen LogP contribution in [0.4, 0.5) is 20.3 Å². The summed E-state index contributed by atoms with van der Waals surface area (Å²) in [7, 11) is -0.437. The molecular weight excluding hydrogens is 691 g/mol. The second-order valence-corrected chi connectivity index (χ2v) is 17.1. The van der Waals surface area contributed by atoms with Gasteiger partial charge in [0.2, 0.25) is 10.0 Å². The van der Waals surface area contributed by atoms with Gasteiger partial charge in [0.05, 0.1) is 35.7 Å². The maximum atomic E-state index is 15.1. The molecule has 2 aromatic heterocycles. The molecule has 8 rings (SSSR count). The van der Waals surface area contributed by atoms with Crippen molar-refractivity contribution < 1.29 is 27.0 Å². The standard InChI is InChI=1S/C37H46F2N8O4S/c1-4-29-31(39)8-7-24-15-28(48)17-33(34(24)29)44-14-9-30-32(21-44)40-36(51-23-37-10-5-12-46(37)19-25(38)18-37)41-35(30)45-11-6-13-47-27(20-45)16-26(42-47)22-52(49,50)43(2)3/h7-8,15-17,25,48H,4-6,9-14,18-23H2,1-3H3/t25-,37+/m1/s1. The van der Waals surface area contributed by atoms with Crippen molar-refractivity contribution in [1.29, 1.82) is 0 Å². The smallest absolute Gasteiger partial charge is 0.318 e. The minimum absolute atomic E-state index is 0.108. The van der Waals surface area contributed by atoms with E-state index in [1.807, 2.05) is 17.7 Å². The van der Waals surface area contributed by atoms with Crippen molar-refractivity contribution in [2.45, 2.75) is 82.5 Å². The molecule has 4 aliphatic heterocycles. The van der Waals surface area contributed by atoms with Crippen LogP contribution in [0, 0.1) is 5.82 Å². The number of benzene rings is 2. The minimum Gasteiger partial charge on any atom is -0.508 e. The van der Waals surface area contributed by atoms with E-state index >= 15 is 4.39 Å². The molecule has 12 nitrogen and oxygen atoms in total. The van der Waals surface area contributed by atoms with Gasteiger partial charge in [-0.2, -0.15) is 15.1 Å². The number of rotatable bonds is 9. The van der Waals surface area contributed by atoms with Gasteiger partial charge in [-0.15, -0.1) is 0 Å². The number of sulfonamides is 1. The third-order valence-corrected chi connectivity index (χ3v) is 13.1. The minimum atomic E-state index is -3.48. The van der Waals surface area contributed by atoms with Crippen LogP contribution in [-0.4, -0.2) is 101 Å². The lowest BCUT2D eigenvalue weighted by Gasteiger charge is -2.35. The number of hydrogen-bond acceptors (Lipinski definition) is 10. The number of halogens is 2. The molecule has 4 aliphatic rings. The molecular formula is C37H46F2N8O4S. The number of aromatic nitrogens is 4. The van der Waals surface area contributed by atoms with Crippen LogP contribution >= 0.6 is 0 Å². The highest BCUT2D eigenvalue weighted by Crippen LogP contribution is 2.42. The van der Waals surface area contributed by atoms with Crippen LogP contribution in [0.15, 0.2) is 30.3 Å². The summed E-state index contributed by atoms with van der Waals surface area (Å²) in [6.45, 7) is 6.29. The van der Waals surface area contributed by atoms with Crippen LogP contribution in [0.5, 0.6) is 11.8 Å². The van der Waals surface area contributed by atoms with E-state index in [1.54, 1.807) is 18.2 Å². The van der Waals surface area contributed by atoms with Crippen molar-refractivity contribution in [2.75, 3.05) is 56.7 Å². The number of anilines is 2. The Morgan fingerprint density at radius 1 is 1.06 bits per heavy atom. The van der Waals surface area contributed by atoms with Crippen LogP contribution < -0.4 is 14.5 Å². The van der Waals surface area contributed by atoms with Crippen molar-refractivity contribution in [1.82, 2.24) is 29.0 Å². The Labute approximate surface area is 303 Å². The molecule has 2 aromatic carbocycles. The predicted octanol–water partition coefficient (Wildman–Crippen LogP) is 4.55. The summed E-state index contributed by atoms with van der Waals surface area (Å²) in [6, 6.07) is 8.64. The van der Waals surface area contributed by atoms with Crippen molar-refractivity contribution in [3.8, 4) is 11.8 Å². The first-order chi connectivity index (χ1) is 24.9. The molecule has 2 saturated heterocycles. The quantitative estimate of drug-likeness (QED) is 0.262. The Morgan fingerprint density at radius 2 is 1.90 bits per heavy atom. The second-order valence-electron chi connectivity index (χ2n) is 14.9. The number of alkyl halides is 1. The van der Waals surface area contributed by atoms with Gasteiger partial charge in [0.25, 0.3) is 0 Å². The lowest BCUT2D eigenvalue weighted by atomic mass is 9.95. The summed E-state index contributed by atoms with van der Waals surface area (Å²) < 4.78 is 64.6. The molecule has 1 N–H and O–H groups in total. The van der Waals surface area contributed by atoms with E-state index in [9.17, 15) is 17.9 Å². The van der Waals surface area contributed by atoms with Crippen LogP contribution in [0.25, 0.3) is 10.8 Å². The Balaban J connectivity index is 1.16. The zero-order chi connectivity index (χ0) is 36.4. The molecule has 15 heteroatoms.